The lowest BCUT2D eigenvalue weighted by atomic mass is 10.2. The predicted octanol–water partition coefficient (Wildman–Crippen LogP) is 4.13. The van der Waals surface area contributed by atoms with E-state index in [2.05, 4.69) is 15.5 Å². The number of carbonyl (C=O) groups is 2. The number of halogens is 1. The lowest BCUT2D eigenvalue weighted by Crippen LogP contribution is -2.18. The lowest BCUT2D eigenvalue weighted by Gasteiger charge is -2.09. The number of hydrogen-bond donors (Lipinski definition) is 2. The molecule has 0 radical (unpaired) electrons. The van der Waals surface area contributed by atoms with Gasteiger partial charge in [-0.05, 0) is 47.8 Å². The number of amides is 2. The fourth-order valence-electron chi connectivity index (χ4n) is 2.80. The van der Waals surface area contributed by atoms with E-state index in [-0.39, 0.29) is 17.2 Å². The molecule has 0 aliphatic rings. The van der Waals surface area contributed by atoms with Crippen molar-refractivity contribution in [2.24, 2.45) is 5.73 Å². The molecule has 3 heterocycles. The van der Waals surface area contributed by atoms with Crippen molar-refractivity contribution in [2.75, 3.05) is 11.1 Å². The zero-order valence-electron chi connectivity index (χ0n) is 15.9. The number of carbonyl (C=O) groups excluding carboxylic acids is 2. The van der Waals surface area contributed by atoms with Gasteiger partial charge in [-0.3, -0.25) is 14.2 Å². The Labute approximate surface area is 190 Å². The standard InChI is InChI=1S/C20H16ClN5O3S2/c21-13-5-3-12(4-6-13)18-24-25-20(26(18)10-14-2-1-8-29-14)31-11-16(27)23-19-15(17(22)28)7-9-30-19/h1-9H,10-11H2,(H2,22,28)(H,23,27). The quantitative estimate of drug-likeness (QED) is 0.372. The molecule has 4 aromatic rings. The first-order valence-electron chi connectivity index (χ1n) is 9.02. The number of aromatic nitrogens is 3. The number of thioether (sulfide) groups is 1. The van der Waals surface area contributed by atoms with E-state index in [0.29, 0.717) is 27.5 Å². The Morgan fingerprint density at radius 3 is 2.71 bits per heavy atom. The fourth-order valence-corrected chi connectivity index (χ4v) is 4.47. The number of nitrogens with one attached hydrogen (secondary N) is 1. The number of rotatable bonds is 8. The van der Waals surface area contributed by atoms with Gasteiger partial charge in [0.2, 0.25) is 5.91 Å². The molecule has 4 rings (SSSR count). The third kappa shape index (κ3) is 4.98. The van der Waals surface area contributed by atoms with Crippen molar-refractivity contribution in [1.82, 2.24) is 14.8 Å². The highest BCUT2D eigenvalue weighted by atomic mass is 35.5. The molecule has 3 aromatic heterocycles. The summed E-state index contributed by atoms with van der Waals surface area (Å²) in [5.41, 5.74) is 6.45. The molecule has 3 N–H and O–H groups in total. The van der Waals surface area contributed by atoms with Gasteiger partial charge in [-0.25, -0.2) is 0 Å². The van der Waals surface area contributed by atoms with E-state index >= 15 is 0 Å². The van der Waals surface area contributed by atoms with Gasteiger partial charge in [-0.1, -0.05) is 23.4 Å². The van der Waals surface area contributed by atoms with Crippen LogP contribution in [0.3, 0.4) is 0 Å². The summed E-state index contributed by atoms with van der Waals surface area (Å²) in [6, 6.07) is 12.5. The van der Waals surface area contributed by atoms with Crippen molar-refractivity contribution in [3.63, 3.8) is 0 Å². The summed E-state index contributed by atoms with van der Waals surface area (Å²) in [5.74, 6) is 0.564. The van der Waals surface area contributed by atoms with Gasteiger partial charge in [-0.15, -0.1) is 21.5 Å². The number of anilines is 1. The third-order valence-corrected chi connectivity index (χ3v) is 6.28. The molecule has 0 unspecified atom stereocenters. The van der Waals surface area contributed by atoms with Gasteiger partial charge < -0.3 is 15.5 Å². The number of benzene rings is 1. The van der Waals surface area contributed by atoms with E-state index < -0.39 is 5.91 Å². The Morgan fingerprint density at radius 2 is 2.00 bits per heavy atom. The summed E-state index contributed by atoms with van der Waals surface area (Å²) in [7, 11) is 0. The number of furan rings is 1. The molecule has 0 aliphatic carbocycles. The van der Waals surface area contributed by atoms with Gasteiger partial charge in [0.25, 0.3) is 5.91 Å². The van der Waals surface area contributed by atoms with Crippen LogP contribution in [0, 0.1) is 0 Å². The molecule has 0 fully saturated rings. The van der Waals surface area contributed by atoms with Gasteiger partial charge in [0, 0.05) is 10.6 Å². The van der Waals surface area contributed by atoms with Gasteiger partial charge in [-0.2, -0.15) is 0 Å². The summed E-state index contributed by atoms with van der Waals surface area (Å²) >= 11 is 8.47. The minimum absolute atomic E-state index is 0.0764. The smallest absolute Gasteiger partial charge is 0.251 e. The Hall–Kier alpha value is -3.08. The number of nitrogens with two attached hydrogens (primary N) is 1. The van der Waals surface area contributed by atoms with Crippen molar-refractivity contribution in [3.8, 4) is 11.4 Å². The van der Waals surface area contributed by atoms with E-state index in [4.69, 9.17) is 21.8 Å². The molecule has 0 atom stereocenters. The first-order valence-corrected chi connectivity index (χ1v) is 11.3. The van der Waals surface area contributed by atoms with Crippen LogP contribution in [0.1, 0.15) is 16.1 Å². The highest BCUT2D eigenvalue weighted by Gasteiger charge is 2.18. The highest BCUT2D eigenvalue weighted by Crippen LogP contribution is 2.27. The van der Waals surface area contributed by atoms with Gasteiger partial charge in [0.1, 0.15) is 10.8 Å². The first kappa shape index (κ1) is 21.2. The summed E-state index contributed by atoms with van der Waals surface area (Å²) in [6.45, 7) is 0.401. The van der Waals surface area contributed by atoms with Gasteiger partial charge in [0.15, 0.2) is 11.0 Å². The Kier molecular flexibility index (Phi) is 6.40. The van der Waals surface area contributed by atoms with Crippen molar-refractivity contribution in [3.05, 3.63) is 70.5 Å². The molecule has 0 spiro atoms. The molecule has 0 saturated heterocycles. The number of thiophene rings is 1. The van der Waals surface area contributed by atoms with E-state index in [0.717, 1.165) is 11.3 Å². The summed E-state index contributed by atoms with van der Waals surface area (Å²) in [4.78, 5) is 23.9. The maximum Gasteiger partial charge on any atom is 0.251 e. The molecule has 2 amide bonds. The SMILES string of the molecule is NC(=O)c1ccsc1NC(=O)CSc1nnc(-c2ccc(Cl)cc2)n1Cc1ccco1. The van der Waals surface area contributed by atoms with Crippen molar-refractivity contribution < 1.29 is 14.0 Å². The van der Waals surface area contributed by atoms with E-state index in [1.807, 2.05) is 22.8 Å². The highest BCUT2D eigenvalue weighted by molar-refractivity contribution is 7.99. The number of hydrogen-bond acceptors (Lipinski definition) is 7. The molecule has 0 saturated carbocycles. The first-order chi connectivity index (χ1) is 15.0. The molecular formula is C20H16ClN5O3S2. The fraction of sp³-hybridized carbons (Fsp3) is 0.100. The van der Waals surface area contributed by atoms with Gasteiger partial charge >= 0.3 is 0 Å². The van der Waals surface area contributed by atoms with Crippen LogP contribution >= 0.6 is 34.7 Å². The van der Waals surface area contributed by atoms with E-state index in [1.165, 1.54) is 23.1 Å². The Balaban J connectivity index is 1.53. The molecule has 31 heavy (non-hydrogen) atoms. The van der Waals surface area contributed by atoms with E-state index in [9.17, 15) is 9.59 Å². The van der Waals surface area contributed by atoms with Gasteiger partial charge in [0.05, 0.1) is 24.1 Å². The zero-order valence-corrected chi connectivity index (χ0v) is 18.3. The minimum atomic E-state index is -0.588. The summed E-state index contributed by atoms with van der Waals surface area (Å²) < 4.78 is 7.35. The third-order valence-electron chi connectivity index (χ3n) is 4.23. The Bertz CT molecular complexity index is 1200. The average molecular weight is 474 g/mol. The molecule has 0 aliphatic heterocycles. The topological polar surface area (TPSA) is 116 Å². The van der Waals surface area contributed by atoms with Crippen LogP contribution < -0.4 is 11.1 Å². The minimum Gasteiger partial charge on any atom is -0.467 e. The maximum atomic E-state index is 12.4. The molecule has 1 aromatic carbocycles. The number of nitrogens with zero attached hydrogens (tertiary/aromatic N) is 3. The van der Waals surface area contributed by atoms with Crippen LogP contribution in [-0.2, 0) is 11.3 Å². The van der Waals surface area contributed by atoms with Crippen LogP contribution in [0.15, 0.2) is 63.7 Å². The maximum absolute atomic E-state index is 12.4. The molecule has 8 nitrogen and oxygen atoms in total. The van der Waals surface area contributed by atoms with Crippen molar-refractivity contribution in [2.45, 2.75) is 11.7 Å². The average Bonchev–Trinajstić information content (AvgIpc) is 3.49. The number of primary amides is 1. The molecule has 0 bridgehead atoms. The normalized spacial score (nSPS) is 10.9. The van der Waals surface area contributed by atoms with Crippen LogP contribution in [0.2, 0.25) is 5.02 Å². The van der Waals surface area contributed by atoms with Crippen LogP contribution in [0.4, 0.5) is 5.00 Å². The largest absolute Gasteiger partial charge is 0.467 e. The monoisotopic (exact) mass is 473 g/mol. The second kappa shape index (κ2) is 9.38. The van der Waals surface area contributed by atoms with Crippen LogP contribution in [0.5, 0.6) is 0 Å². The van der Waals surface area contributed by atoms with E-state index in [1.54, 1.807) is 35.9 Å². The Morgan fingerprint density at radius 1 is 1.19 bits per heavy atom. The lowest BCUT2D eigenvalue weighted by molar-refractivity contribution is -0.113. The summed E-state index contributed by atoms with van der Waals surface area (Å²) in [6.07, 6.45) is 1.60. The predicted molar refractivity (Wildman–Crippen MR) is 120 cm³/mol. The molecule has 158 valence electrons. The van der Waals surface area contributed by atoms with Crippen LogP contribution in [0.25, 0.3) is 11.4 Å². The second-order valence-corrected chi connectivity index (χ2v) is 8.64. The molecular weight excluding hydrogens is 458 g/mol. The van der Waals surface area contributed by atoms with Crippen molar-refractivity contribution in [1.29, 1.82) is 0 Å². The van der Waals surface area contributed by atoms with Crippen molar-refractivity contribution >= 4 is 51.5 Å². The summed E-state index contributed by atoms with van der Waals surface area (Å²) in [5, 5.41) is 14.6. The van der Waals surface area contributed by atoms with Crippen LogP contribution in [-0.4, -0.2) is 32.3 Å². The zero-order chi connectivity index (χ0) is 21.8. The molecule has 11 heteroatoms. The second-order valence-electron chi connectivity index (χ2n) is 6.34.